The van der Waals surface area contributed by atoms with Gasteiger partial charge in [0.1, 0.15) is 17.3 Å². The lowest BCUT2D eigenvalue weighted by Crippen LogP contribution is -2.40. The fourth-order valence-corrected chi connectivity index (χ4v) is 5.40. The Labute approximate surface area is 223 Å². The maximum absolute atomic E-state index is 14.4. The quantitative estimate of drug-likeness (QED) is 0.325. The summed E-state index contributed by atoms with van der Waals surface area (Å²) in [6, 6.07) is 11.7. The van der Waals surface area contributed by atoms with E-state index in [0.29, 0.717) is 40.8 Å². The summed E-state index contributed by atoms with van der Waals surface area (Å²) in [6.45, 7) is 5.40. The van der Waals surface area contributed by atoms with Crippen molar-refractivity contribution in [3.8, 4) is 22.5 Å². The average molecular weight is 531 g/mol. The number of aromatic amines is 1. The van der Waals surface area contributed by atoms with Gasteiger partial charge in [-0.3, -0.25) is 9.51 Å². The zero-order valence-electron chi connectivity index (χ0n) is 21.6. The molecule has 1 atom stereocenters. The fraction of sp³-hybridized carbons (Fsp3) is 0.276. The van der Waals surface area contributed by atoms with Gasteiger partial charge in [0.2, 0.25) is 0 Å². The molecule has 200 valence electrons. The van der Waals surface area contributed by atoms with Crippen LogP contribution < -0.4 is 16.4 Å². The van der Waals surface area contributed by atoms with Crippen molar-refractivity contribution in [1.82, 2.24) is 19.7 Å². The van der Waals surface area contributed by atoms with Crippen molar-refractivity contribution in [3.05, 3.63) is 88.2 Å². The lowest BCUT2D eigenvalue weighted by molar-refractivity contribution is 0.388. The molecular formula is C29H28F2N6O2. The molecule has 1 aliphatic rings. The van der Waals surface area contributed by atoms with Gasteiger partial charge in [0.15, 0.2) is 5.82 Å². The third-order valence-corrected chi connectivity index (χ3v) is 7.52. The first-order chi connectivity index (χ1) is 18.8. The first-order valence-corrected chi connectivity index (χ1v) is 12.9. The summed E-state index contributed by atoms with van der Waals surface area (Å²) in [5.41, 5.74) is 11.4. The molecule has 3 N–H and O–H groups in total. The van der Waals surface area contributed by atoms with Crippen LogP contribution in [0.3, 0.4) is 0 Å². The molecule has 0 amide bonds. The predicted octanol–water partition coefficient (Wildman–Crippen LogP) is 5.17. The number of anilines is 1. The Balaban J connectivity index is 1.66. The highest BCUT2D eigenvalue weighted by Gasteiger charge is 2.28. The minimum absolute atomic E-state index is 0.0752. The molecule has 1 aliphatic heterocycles. The van der Waals surface area contributed by atoms with Gasteiger partial charge in [0.05, 0.1) is 22.7 Å². The molecule has 5 aromatic rings. The van der Waals surface area contributed by atoms with Gasteiger partial charge in [-0.2, -0.15) is 0 Å². The molecule has 1 unspecified atom stereocenters. The van der Waals surface area contributed by atoms with Crippen LogP contribution >= 0.6 is 0 Å². The summed E-state index contributed by atoms with van der Waals surface area (Å²) in [4.78, 5) is 21.6. The third kappa shape index (κ3) is 4.61. The molecule has 0 spiro atoms. The highest BCUT2D eigenvalue weighted by molar-refractivity contribution is 6.07. The molecule has 1 fully saturated rings. The normalized spacial score (nSPS) is 15.3. The van der Waals surface area contributed by atoms with Gasteiger partial charge >= 0.3 is 5.76 Å². The molecule has 0 saturated carbocycles. The van der Waals surface area contributed by atoms with E-state index >= 15 is 0 Å². The minimum atomic E-state index is -0.681. The Morgan fingerprint density at radius 3 is 2.41 bits per heavy atom. The molecule has 6 rings (SSSR count). The van der Waals surface area contributed by atoms with Crippen LogP contribution in [0.4, 0.5) is 14.5 Å². The first kappa shape index (κ1) is 25.0. The van der Waals surface area contributed by atoms with E-state index in [9.17, 15) is 13.6 Å². The van der Waals surface area contributed by atoms with E-state index in [2.05, 4.69) is 46.2 Å². The molecule has 39 heavy (non-hydrogen) atoms. The van der Waals surface area contributed by atoms with Crippen LogP contribution in [-0.4, -0.2) is 38.8 Å². The van der Waals surface area contributed by atoms with E-state index in [4.69, 9.17) is 15.2 Å². The molecule has 3 aromatic heterocycles. The van der Waals surface area contributed by atoms with Crippen molar-refractivity contribution in [2.75, 3.05) is 18.0 Å². The van der Waals surface area contributed by atoms with Crippen LogP contribution in [0.2, 0.25) is 0 Å². The summed E-state index contributed by atoms with van der Waals surface area (Å²) in [5, 5.41) is 4.68. The number of rotatable bonds is 5. The maximum atomic E-state index is 14.4. The highest BCUT2D eigenvalue weighted by Crippen LogP contribution is 2.44. The second kappa shape index (κ2) is 9.77. The summed E-state index contributed by atoms with van der Waals surface area (Å²) < 4.78 is 35.6. The van der Waals surface area contributed by atoms with E-state index in [0.717, 1.165) is 35.7 Å². The van der Waals surface area contributed by atoms with Crippen molar-refractivity contribution in [2.45, 2.75) is 38.8 Å². The van der Waals surface area contributed by atoms with Crippen LogP contribution in [0.1, 0.15) is 36.9 Å². The first-order valence-electron chi connectivity index (χ1n) is 12.9. The number of piperidine rings is 1. The van der Waals surface area contributed by atoms with Crippen LogP contribution in [0.25, 0.3) is 33.5 Å². The number of nitrogens with one attached hydrogen (secondary N) is 1. The van der Waals surface area contributed by atoms with Gasteiger partial charge in [0, 0.05) is 43.2 Å². The zero-order chi connectivity index (χ0) is 27.3. The number of pyridine rings is 1. The van der Waals surface area contributed by atoms with Crippen molar-refractivity contribution in [3.63, 3.8) is 0 Å². The van der Waals surface area contributed by atoms with Crippen molar-refractivity contribution < 1.29 is 13.3 Å². The lowest BCUT2D eigenvalue weighted by atomic mass is 9.98. The average Bonchev–Trinajstić information content (AvgIpc) is 3.52. The summed E-state index contributed by atoms with van der Waals surface area (Å²) >= 11 is 0. The number of aromatic nitrogens is 4. The standard InChI is InChI=1S/C29H28F2N6O2/c1-16-3-5-18(6-4-16)17(2)37-15-24(27-34-29(38)39-35-27)25-26(36-9-7-22(32)8-10-36)23(14-33-28(25)37)19-11-20(30)13-21(31)12-19/h3-6,11-15,17,22H,7-10,32H2,1-2H3,(H,34,35,38). The molecule has 2 aromatic carbocycles. The van der Waals surface area contributed by atoms with Gasteiger partial charge in [0.25, 0.3) is 0 Å². The number of benzene rings is 2. The second-order valence-electron chi connectivity index (χ2n) is 10.2. The van der Waals surface area contributed by atoms with Gasteiger partial charge in [-0.25, -0.2) is 18.6 Å². The van der Waals surface area contributed by atoms with Crippen LogP contribution in [0.15, 0.2) is 64.2 Å². The van der Waals surface area contributed by atoms with Gasteiger partial charge in [-0.1, -0.05) is 35.0 Å². The number of halogens is 2. The molecule has 1 saturated heterocycles. The van der Waals surface area contributed by atoms with Crippen LogP contribution in [0, 0.1) is 18.6 Å². The topological polar surface area (TPSA) is 106 Å². The van der Waals surface area contributed by atoms with Crippen molar-refractivity contribution in [2.24, 2.45) is 5.73 Å². The SMILES string of the molecule is Cc1ccc(C(C)n2cc(-c3noc(=O)[nH]3)c3c(N4CCC(N)CC4)c(-c4cc(F)cc(F)c4)cnc32)cc1. The number of fused-ring (bicyclic) bond motifs is 1. The number of hydrogen-bond acceptors (Lipinski definition) is 6. The van der Waals surface area contributed by atoms with Gasteiger partial charge < -0.3 is 15.2 Å². The van der Waals surface area contributed by atoms with Crippen LogP contribution in [0.5, 0.6) is 0 Å². The van der Waals surface area contributed by atoms with E-state index < -0.39 is 17.4 Å². The summed E-state index contributed by atoms with van der Waals surface area (Å²) in [7, 11) is 0. The van der Waals surface area contributed by atoms with E-state index in [1.54, 1.807) is 6.20 Å². The third-order valence-electron chi connectivity index (χ3n) is 7.52. The molecule has 0 bridgehead atoms. The molecule has 4 heterocycles. The maximum Gasteiger partial charge on any atom is 0.439 e. The zero-order valence-corrected chi connectivity index (χ0v) is 21.6. The molecule has 0 radical (unpaired) electrons. The molecule has 0 aliphatic carbocycles. The van der Waals surface area contributed by atoms with Gasteiger partial charge in [-0.15, -0.1) is 0 Å². The molecule has 8 nitrogen and oxygen atoms in total. The molecular weight excluding hydrogens is 502 g/mol. The summed E-state index contributed by atoms with van der Waals surface area (Å²) in [6.07, 6.45) is 5.08. The Hall–Kier alpha value is -4.31. The van der Waals surface area contributed by atoms with Gasteiger partial charge in [-0.05, 0) is 49.9 Å². The lowest BCUT2D eigenvalue weighted by Gasteiger charge is -2.34. The molecule has 10 heteroatoms. The van der Waals surface area contributed by atoms with E-state index in [1.807, 2.05) is 17.7 Å². The number of aryl methyl sites for hydroxylation is 1. The minimum Gasteiger partial charge on any atom is -0.370 e. The predicted molar refractivity (Wildman–Crippen MR) is 146 cm³/mol. The fourth-order valence-electron chi connectivity index (χ4n) is 5.40. The second-order valence-corrected chi connectivity index (χ2v) is 10.2. The smallest absolute Gasteiger partial charge is 0.370 e. The summed E-state index contributed by atoms with van der Waals surface area (Å²) in [5.74, 6) is -1.79. The van der Waals surface area contributed by atoms with Crippen molar-refractivity contribution >= 4 is 16.7 Å². The number of nitrogens with zero attached hydrogens (tertiary/aromatic N) is 4. The number of nitrogens with two attached hydrogens (primary N) is 1. The van der Waals surface area contributed by atoms with Crippen LogP contribution in [-0.2, 0) is 0 Å². The largest absolute Gasteiger partial charge is 0.439 e. The highest BCUT2D eigenvalue weighted by atomic mass is 19.1. The Bertz CT molecular complexity index is 1690. The number of H-pyrrole nitrogens is 1. The van der Waals surface area contributed by atoms with E-state index in [1.165, 1.54) is 12.1 Å². The Morgan fingerprint density at radius 2 is 1.77 bits per heavy atom. The Morgan fingerprint density at radius 1 is 1.08 bits per heavy atom. The Kier molecular flexibility index (Phi) is 6.26. The number of hydrogen-bond donors (Lipinski definition) is 2. The van der Waals surface area contributed by atoms with E-state index in [-0.39, 0.29) is 17.9 Å². The van der Waals surface area contributed by atoms with Crippen molar-refractivity contribution in [1.29, 1.82) is 0 Å². The monoisotopic (exact) mass is 530 g/mol.